The van der Waals surface area contributed by atoms with Gasteiger partial charge in [-0.05, 0) is 30.5 Å². The van der Waals surface area contributed by atoms with Crippen LogP contribution in [0.4, 0.5) is 10.8 Å². The number of aromatic nitrogens is 2. The highest BCUT2D eigenvalue weighted by atomic mass is 32.2. The lowest BCUT2D eigenvalue weighted by Crippen LogP contribution is -2.18. The highest BCUT2D eigenvalue weighted by Crippen LogP contribution is 2.16. The zero-order chi connectivity index (χ0) is 17.4. The summed E-state index contributed by atoms with van der Waals surface area (Å²) in [6.07, 6.45) is 1.76. The van der Waals surface area contributed by atoms with E-state index in [9.17, 15) is 9.59 Å². The maximum atomic E-state index is 11.9. The van der Waals surface area contributed by atoms with Crippen molar-refractivity contribution in [1.82, 2.24) is 10.2 Å². The lowest BCUT2D eigenvalue weighted by Gasteiger charge is -2.06. The molecule has 0 aliphatic carbocycles. The van der Waals surface area contributed by atoms with Crippen molar-refractivity contribution in [2.75, 3.05) is 22.1 Å². The normalized spacial score (nSPS) is 10.4. The maximum absolute atomic E-state index is 11.9. The molecule has 1 aromatic carbocycles. The molecule has 2 aromatic rings. The van der Waals surface area contributed by atoms with Crippen LogP contribution in [-0.4, -0.2) is 33.5 Å². The molecular formula is C16H20N4O2S2. The molecule has 24 heavy (non-hydrogen) atoms. The number of carbonyl (C=O) groups is 2. The van der Waals surface area contributed by atoms with Crippen LogP contribution in [0.2, 0.25) is 0 Å². The first-order chi connectivity index (χ1) is 11.6. The topological polar surface area (TPSA) is 84.0 Å². The van der Waals surface area contributed by atoms with Crippen molar-refractivity contribution in [2.45, 2.75) is 26.7 Å². The fourth-order valence-corrected chi connectivity index (χ4v) is 3.17. The van der Waals surface area contributed by atoms with Gasteiger partial charge in [-0.2, -0.15) is 0 Å². The first kappa shape index (κ1) is 18.4. The van der Waals surface area contributed by atoms with Crippen LogP contribution in [-0.2, 0) is 22.4 Å². The van der Waals surface area contributed by atoms with E-state index in [2.05, 4.69) is 27.8 Å². The summed E-state index contributed by atoms with van der Waals surface area (Å²) in [4.78, 5) is 23.7. The van der Waals surface area contributed by atoms with Crippen LogP contribution >= 0.6 is 23.1 Å². The summed E-state index contributed by atoms with van der Waals surface area (Å²) in [7, 11) is 0. The number of hydrogen-bond acceptors (Lipinski definition) is 6. The number of anilines is 2. The molecule has 0 spiro atoms. The van der Waals surface area contributed by atoms with E-state index >= 15 is 0 Å². The Hall–Kier alpha value is -1.93. The third-order valence-corrected chi connectivity index (χ3v) is 5.04. The zero-order valence-electron chi connectivity index (χ0n) is 13.7. The summed E-state index contributed by atoms with van der Waals surface area (Å²) in [6, 6.07) is 7.75. The molecule has 1 heterocycles. The molecule has 0 radical (unpaired) electrons. The van der Waals surface area contributed by atoms with Crippen molar-refractivity contribution in [2.24, 2.45) is 0 Å². The monoisotopic (exact) mass is 364 g/mol. The number of thioether (sulfide) groups is 1. The van der Waals surface area contributed by atoms with Crippen molar-refractivity contribution in [3.63, 3.8) is 0 Å². The lowest BCUT2D eigenvalue weighted by molar-refractivity contribution is -0.114. The van der Waals surface area contributed by atoms with Gasteiger partial charge in [-0.1, -0.05) is 37.3 Å². The molecule has 0 saturated carbocycles. The van der Waals surface area contributed by atoms with Gasteiger partial charge in [0.2, 0.25) is 16.9 Å². The number of aryl methyl sites for hydroxylation is 2. The van der Waals surface area contributed by atoms with E-state index in [1.165, 1.54) is 28.7 Å². The first-order valence-electron chi connectivity index (χ1n) is 7.69. The third kappa shape index (κ3) is 5.93. The van der Waals surface area contributed by atoms with E-state index in [0.29, 0.717) is 5.13 Å². The molecule has 0 aliphatic heterocycles. The predicted molar refractivity (Wildman–Crippen MR) is 99.7 cm³/mol. The lowest BCUT2D eigenvalue weighted by atomic mass is 10.1. The minimum Gasteiger partial charge on any atom is -0.325 e. The van der Waals surface area contributed by atoms with Gasteiger partial charge in [-0.3, -0.25) is 14.9 Å². The molecule has 2 N–H and O–H groups in total. The van der Waals surface area contributed by atoms with E-state index in [0.717, 1.165) is 23.5 Å². The second-order valence-corrected chi connectivity index (χ2v) is 7.04. The Labute approximate surface area is 149 Å². The second-order valence-electron chi connectivity index (χ2n) is 4.99. The molecule has 6 nitrogen and oxygen atoms in total. The van der Waals surface area contributed by atoms with Gasteiger partial charge in [0.1, 0.15) is 5.01 Å². The Morgan fingerprint density at radius 2 is 1.67 bits per heavy atom. The predicted octanol–water partition coefficient (Wildman–Crippen LogP) is 2.97. The number of rotatable bonds is 8. The highest BCUT2D eigenvalue weighted by molar-refractivity contribution is 8.00. The van der Waals surface area contributed by atoms with Gasteiger partial charge >= 0.3 is 0 Å². The molecule has 0 saturated heterocycles. The average molecular weight is 364 g/mol. The van der Waals surface area contributed by atoms with E-state index in [4.69, 9.17) is 0 Å². The van der Waals surface area contributed by atoms with Gasteiger partial charge in [-0.25, -0.2) is 0 Å². The number of nitrogens with one attached hydrogen (secondary N) is 2. The van der Waals surface area contributed by atoms with Crippen LogP contribution in [0.3, 0.4) is 0 Å². The molecule has 128 valence electrons. The summed E-state index contributed by atoms with van der Waals surface area (Å²) in [5, 5.41) is 14.7. The van der Waals surface area contributed by atoms with Crippen molar-refractivity contribution < 1.29 is 9.59 Å². The number of nitrogens with zero attached hydrogens (tertiary/aromatic N) is 2. The van der Waals surface area contributed by atoms with E-state index in [1.807, 2.05) is 31.2 Å². The summed E-state index contributed by atoms with van der Waals surface area (Å²) in [5.74, 6) is 0.114. The average Bonchev–Trinajstić information content (AvgIpc) is 3.03. The molecule has 0 bridgehead atoms. The third-order valence-electron chi connectivity index (χ3n) is 3.13. The molecule has 0 fully saturated rings. The molecule has 0 aliphatic rings. The first-order valence-corrected chi connectivity index (χ1v) is 9.66. The van der Waals surface area contributed by atoms with E-state index < -0.39 is 0 Å². The standard InChI is InChI=1S/C16H20N4O2S2/c1-3-11-5-7-12(8-6-11)17-13(21)9-23-10-14(22)18-16-20-19-15(4-2)24-16/h5-8H,3-4,9-10H2,1-2H3,(H,17,21)(H,18,20,22). The van der Waals surface area contributed by atoms with Crippen LogP contribution in [0, 0.1) is 0 Å². The highest BCUT2D eigenvalue weighted by Gasteiger charge is 2.09. The van der Waals surface area contributed by atoms with Crippen molar-refractivity contribution in [3.05, 3.63) is 34.8 Å². The molecule has 8 heteroatoms. The van der Waals surface area contributed by atoms with Crippen LogP contribution in [0.5, 0.6) is 0 Å². The Bertz CT molecular complexity index is 686. The molecule has 2 amide bonds. The van der Waals surface area contributed by atoms with Crippen LogP contribution < -0.4 is 10.6 Å². The quantitative estimate of drug-likeness (QED) is 0.752. The van der Waals surface area contributed by atoms with Crippen LogP contribution in [0.25, 0.3) is 0 Å². The Kier molecular flexibility index (Phi) is 7.20. The van der Waals surface area contributed by atoms with E-state index in [1.54, 1.807) is 0 Å². The van der Waals surface area contributed by atoms with Crippen molar-refractivity contribution >= 4 is 45.7 Å². The van der Waals surface area contributed by atoms with Gasteiger partial charge in [0.15, 0.2) is 0 Å². The number of benzene rings is 1. The number of amides is 2. The Balaban J connectivity index is 1.68. The molecule has 0 unspecified atom stereocenters. The van der Waals surface area contributed by atoms with E-state index in [-0.39, 0.29) is 23.3 Å². The SMILES string of the molecule is CCc1ccc(NC(=O)CSCC(=O)Nc2nnc(CC)s2)cc1. The van der Waals surface area contributed by atoms with Gasteiger partial charge in [0, 0.05) is 5.69 Å². The molecule has 1 aromatic heterocycles. The fraction of sp³-hybridized carbons (Fsp3) is 0.375. The van der Waals surface area contributed by atoms with Gasteiger partial charge < -0.3 is 5.32 Å². The van der Waals surface area contributed by atoms with Gasteiger partial charge in [0.05, 0.1) is 11.5 Å². The van der Waals surface area contributed by atoms with Crippen LogP contribution in [0.1, 0.15) is 24.4 Å². The Morgan fingerprint density at radius 1 is 1.00 bits per heavy atom. The minimum absolute atomic E-state index is 0.124. The maximum Gasteiger partial charge on any atom is 0.236 e. The van der Waals surface area contributed by atoms with Crippen LogP contribution in [0.15, 0.2) is 24.3 Å². The van der Waals surface area contributed by atoms with Gasteiger partial charge in [-0.15, -0.1) is 22.0 Å². The number of hydrogen-bond donors (Lipinski definition) is 2. The number of carbonyl (C=O) groups excluding carboxylic acids is 2. The molecule has 2 rings (SSSR count). The summed E-state index contributed by atoms with van der Waals surface area (Å²) < 4.78 is 0. The fourth-order valence-electron chi connectivity index (χ4n) is 1.86. The largest absolute Gasteiger partial charge is 0.325 e. The molecular weight excluding hydrogens is 344 g/mol. The van der Waals surface area contributed by atoms with Crippen molar-refractivity contribution in [1.29, 1.82) is 0 Å². The summed E-state index contributed by atoms with van der Waals surface area (Å²) >= 11 is 2.62. The minimum atomic E-state index is -0.182. The summed E-state index contributed by atoms with van der Waals surface area (Å²) in [6.45, 7) is 4.07. The summed E-state index contributed by atoms with van der Waals surface area (Å²) in [5.41, 5.74) is 1.99. The smallest absolute Gasteiger partial charge is 0.236 e. The molecule has 0 atom stereocenters. The zero-order valence-corrected chi connectivity index (χ0v) is 15.3. The van der Waals surface area contributed by atoms with Crippen molar-refractivity contribution in [3.8, 4) is 0 Å². The Morgan fingerprint density at radius 3 is 2.25 bits per heavy atom. The van der Waals surface area contributed by atoms with Gasteiger partial charge in [0.25, 0.3) is 0 Å². The second kappa shape index (κ2) is 9.39.